The lowest BCUT2D eigenvalue weighted by molar-refractivity contribution is -0.122. The number of hydrogen-bond acceptors (Lipinski definition) is 4. The number of nitrogens with one attached hydrogen (secondary N) is 1. The minimum Gasteiger partial charge on any atom is -0.480 e. The lowest BCUT2D eigenvalue weighted by Crippen LogP contribution is -2.31. The molecule has 0 spiro atoms. The van der Waals surface area contributed by atoms with E-state index in [-0.39, 0.29) is 11.7 Å². The molecule has 2 aromatic carbocycles. The van der Waals surface area contributed by atoms with Gasteiger partial charge in [0.1, 0.15) is 11.6 Å². The SMILES string of the molecule is O=C(Nc1nc(-c2cccc(F)c2)cs1)C1Cc2cc(Cl)ccc2O1. The molecule has 1 atom stereocenters. The number of carbonyl (C=O) groups excluding carboxylic acids is 1. The molecule has 0 aliphatic carbocycles. The number of rotatable bonds is 3. The summed E-state index contributed by atoms with van der Waals surface area (Å²) >= 11 is 7.24. The number of nitrogens with zero attached hydrogens (tertiary/aromatic N) is 1. The predicted octanol–water partition coefficient (Wildman–Crippen LogP) is 4.54. The first-order valence-electron chi connectivity index (χ1n) is 7.56. The summed E-state index contributed by atoms with van der Waals surface area (Å²) in [5.74, 6) is 0.0727. The Morgan fingerprint density at radius 1 is 1.32 bits per heavy atom. The van der Waals surface area contributed by atoms with Crippen LogP contribution in [0.2, 0.25) is 5.02 Å². The number of benzene rings is 2. The van der Waals surface area contributed by atoms with E-state index < -0.39 is 6.10 Å². The molecule has 3 aromatic rings. The van der Waals surface area contributed by atoms with Gasteiger partial charge in [0.25, 0.3) is 5.91 Å². The average molecular weight is 375 g/mol. The molecule has 0 saturated heterocycles. The Bertz CT molecular complexity index is 960. The largest absolute Gasteiger partial charge is 0.480 e. The van der Waals surface area contributed by atoms with Crippen LogP contribution in [0.15, 0.2) is 47.8 Å². The van der Waals surface area contributed by atoms with E-state index in [1.807, 2.05) is 0 Å². The maximum Gasteiger partial charge on any atom is 0.267 e. The van der Waals surface area contributed by atoms with E-state index in [4.69, 9.17) is 16.3 Å². The molecule has 7 heteroatoms. The molecule has 0 fully saturated rings. The third-order valence-electron chi connectivity index (χ3n) is 3.84. The van der Waals surface area contributed by atoms with Gasteiger partial charge in [-0.2, -0.15) is 0 Å². The summed E-state index contributed by atoms with van der Waals surface area (Å²) in [6, 6.07) is 11.5. The molecule has 1 aliphatic heterocycles. The monoisotopic (exact) mass is 374 g/mol. The van der Waals surface area contributed by atoms with Crippen LogP contribution >= 0.6 is 22.9 Å². The molecule has 1 aromatic heterocycles. The highest BCUT2D eigenvalue weighted by Crippen LogP contribution is 2.32. The van der Waals surface area contributed by atoms with Crippen LogP contribution in [-0.2, 0) is 11.2 Å². The van der Waals surface area contributed by atoms with Gasteiger partial charge in [0.05, 0.1) is 5.69 Å². The highest BCUT2D eigenvalue weighted by molar-refractivity contribution is 7.14. The fraction of sp³-hybridized carbons (Fsp3) is 0.111. The molecular weight excluding hydrogens is 363 g/mol. The Morgan fingerprint density at radius 2 is 2.20 bits per heavy atom. The van der Waals surface area contributed by atoms with Crippen LogP contribution in [-0.4, -0.2) is 17.0 Å². The smallest absolute Gasteiger partial charge is 0.267 e. The summed E-state index contributed by atoms with van der Waals surface area (Å²) in [4.78, 5) is 16.7. The van der Waals surface area contributed by atoms with Crippen LogP contribution in [0, 0.1) is 5.82 Å². The lowest BCUT2D eigenvalue weighted by atomic mass is 10.1. The molecule has 0 saturated carbocycles. The Kier molecular flexibility index (Phi) is 4.15. The molecule has 1 amide bonds. The van der Waals surface area contributed by atoms with E-state index >= 15 is 0 Å². The number of aromatic nitrogens is 1. The van der Waals surface area contributed by atoms with Crippen molar-refractivity contribution < 1.29 is 13.9 Å². The Balaban J connectivity index is 1.46. The van der Waals surface area contributed by atoms with Crippen molar-refractivity contribution in [2.75, 3.05) is 5.32 Å². The zero-order valence-corrected chi connectivity index (χ0v) is 14.4. The number of anilines is 1. The molecule has 0 radical (unpaired) electrons. The van der Waals surface area contributed by atoms with Gasteiger partial charge < -0.3 is 4.74 Å². The second-order valence-corrected chi connectivity index (χ2v) is 6.89. The molecule has 1 N–H and O–H groups in total. The summed E-state index contributed by atoms with van der Waals surface area (Å²) in [5.41, 5.74) is 2.19. The van der Waals surface area contributed by atoms with Gasteiger partial charge in [-0.25, -0.2) is 9.37 Å². The van der Waals surface area contributed by atoms with Gasteiger partial charge in [0, 0.05) is 22.4 Å². The van der Waals surface area contributed by atoms with E-state index in [9.17, 15) is 9.18 Å². The van der Waals surface area contributed by atoms with Gasteiger partial charge >= 0.3 is 0 Å². The van der Waals surface area contributed by atoms with Gasteiger partial charge in [-0.1, -0.05) is 23.7 Å². The topological polar surface area (TPSA) is 51.2 Å². The van der Waals surface area contributed by atoms with E-state index in [1.165, 1.54) is 23.5 Å². The second-order valence-electron chi connectivity index (χ2n) is 5.60. The molecule has 25 heavy (non-hydrogen) atoms. The highest BCUT2D eigenvalue weighted by atomic mass is 35.5. The van der Waals surface area contributed by atoms with Crippen molar-refractivity contribution in [3.05, 3.63) is 64.2 Å². The number of carbonyl (C=O) groups is 1. The van der Waals surface area contributed by atoms with Crippen molar-refractivity contribution in [1.82, 2.24) is 4.98 Å². The van der Waals surface area contributed by atoms with E-state index in [2.05, 4.69) is 10.3 Å². The maximum atomic E-state index is 13.3. The molecule has 2 heterocycles. The number of thiazole rings is 1. The van der Waals surface area contributed by atoms with Crippen molar-refractivity contribution in [1.29, 1.82) is 0 Å². The first kappa shape index (κ1) is 16.1. The second kappa shape index (κ2) is 6.46. The van der Waals surface area contributed by atoms with Gasteiger partial charge in [-0.3, -0.25) is 10.1 Å². The van der Waals surface area contributed by atoms with Crippen LogP contribution in [0.25, 0.3) is 11.3 Å². The molecular formula is C18H12ClFN2O2S. The molecule has 1 aliphatic rings. The van der Waals surface area contributed by atoms with Crippen molar-refractivity contribution in [3.8, 4) is 17.0 Å². The first-order chi connectivity index (χ1) is 12.1. The summed E-state index contributed by atoms with van der Waals surface area (Å²) < 4.78 is 19.0. The quantitative estimate of drug-likeness (QED) is 0.732. The number of fused-ring (bicyclic) bond motifs is 1. The standard InChI is InChI=1S/C18H12ClFN2O2S/c19-12-4-5-15-11(6-12)8-16(24-15)17(23)22-18-21-14(9-25-18)10-2-1-3-13(20)7-10/h1-7,9,16H,8H2,(H,21,22,23). The normalized spacial score (nSPS) is 15.5. The minimum atomic E-state index is -0.616. The number of halogens is 2. The summed E-state index contributed by atoms with van der Waals surface area (Å²) in [6.45, 7) is 0. The number of hydrogen-bond donors (Lipinski definition) is 1. The van der Waals surface area contributed by atoms with Crippen LogP contribution in [0.4, 0.5) is 9.52 Å². The fourth-order valence-electron chi connectivity index (χ4n) is 2.66. The van der Waals surface area contributed by atoms with Crippen LogP contribution in [0.5, 0.6) is 5.75 Å². The molecule has 0 bridgehead atoms. The van der Waals surface area contributed by atoms with Crippen molar-refractivity contribution in [2.45, 2.75) is 12.5 Å². The van der Waals surface area contributed by atoms with Gasteiger partial charge in [0.15, 0.2) is 11.2 Å². The van der Waals surface area contributed by atoms with E-state index in [1.54, 1.807) is 35.7 Å². The maximum absolute atomic E-state index is 13.3. The van der Waals surface area contributed by atoms with Gasteiger partial charge in [-0.15, -0.1) is 11.3 Å². The molecule has 126 valence electrons. The first-order valence-corrected chi connectivity index (χ1v) is 8.82. The fourth-order valence-corrected chi connectivity index (χ4v) is 3.58. The van der Waals surface area contributed by atoms with Crippen molar-refractivity contribution in [3.63, 3.8) is 0 Å². The van der Waals surface area contributed by atoms with E-state index in [0.29, 0.717) is 33.6 Å². The summed E-state index contributed by atoms with van der Waals surface area (Å²) in [6.07, 6.45) is -0.154. The van der Waals surface area contributed by atoms with Crippen LogP contribution < -0.4 is 10.1 Å². The van der Waals surface area contributed by atoms with E-state index in [0.717, 1.165) is 5.56 Å². The average Bonchev–Trinajstić information content (AvgIpc) is 3.21. The highest BCUT2D eigenvalue weighted by Gasteiger charge is 2.29. The van der Waals surface area contributed by atoms with Crippen molar-refractivity contribution >= 4 is 34.0 Å². The van der Waals surface area contributed by atoms with Crippen LogP contribution in [0.3, 0.4) is 0 Å². The third-order valence-corrected chi connectivity index (χ3v) is 4.84. The molecule has 1 unspecified atom stereocenters. The summed E-state index contributed by atoms with van der Waals surface area (Å²) in [5, 5.41) is 5.59. The van der Waals surface area contributed by atoms with Gasteiger partial charge in [-0.05, 0) is 35.9 Å². The third kappa shape index (κ3) is 3.36. The van der Waals surface area contributed by atoms with Gasteiger partial charge in [0.2, 0.25) is 0 Å². The van der Waals surface area contributed by atoms with Crippen LogP contribution in [0.1, 0.15) is 5.56 Å². The minimum absolute atomic E-state index is 0.271. The van der Waals surface area contributed by atoms with Crippen molar-refractivity contribution in [2.24, 2.45) is 0 Å². The lowest BCUT2D eigenvalue weighted by Gasteiger charge is -2.09. The number of amides is 1. The zero-order valence-electron chi connectivity index (χ0n) is 12.8. The Morgan fingerprint density at radius 3 is 3.04 bits per heavy atom. The molecule has 4 rings (SSSR count). The predicted molar refractivity (Wildman–Crippen MR) is 95.7 cm³/mol. The Labute approximate surface area is 152 Å². The molecule has 4 nitrogen and oxygen atoms in total. The zero-order chi connectivity index (χ0) is 17.4. The Hall–Kier alpha value is -2.44. The summed E-state index contributed by atoms with van der Waals surface area (Å²) in [7, 11) is 0. The number of ether oxygens (including phenoxy) is 1.